The van der Waals surface area contributed by atoms with Crippen LogP contribution in [0.25, 0.3) is 0 Å². The molecule has 0 spiro atoms. The first-order chi connectivity index (χ1) is 36.1. The summed E-state index contributed by atoms with van der Waals surface area (Å²) in [7, 11) is 36.3. The summed E-state index contributed by atoms with van der Waals surface area (Å²) in [6.07, 6.45) is -0.0123. The zero-order chi connectivity index (χ0) is 58.3. The maximum absolute atomic E-state index is 6.00. The first-order valence-corrected chi connectivity index (χ1v) is 24.6. The molecule has 0 saturated carbocycles. The summed E-state index contributed by atoms with van der Waals surface area (Å²) < 4.78 is 120. The van der Waals surface area contributed by atoms with Crippen molar-refractivity contribution in [1.29, 1.82) is 0 Å². The molecular formula is C52H114O23. The predicted molar refractivity (Wildman–Crippen MR) is 287 cm³/mol. The number of methoxy groups -OCH3 is 22. The van der Waals surface area contributed by atoms with Gasteiger partial charge in [0.25, 0.3) is 0 Å². The highest BCUT2D eigenvalue weighted by Gasteiger charge is 2.37. The third-order valence-electron chi connectivity index (χ3n) is 11.3. The highest BCUT2D eigenvalue weighted by atomic mass is 16.6. The van der Waals surface area contributed by atoms with Crippen LogP contribution < -0.4 is 0 Å². The lowest BCUT2D eigenvalue weighted by Crippen LogP contribution is -2.50. The van der Waals surface area contributed by atoms with Crippen molar-refractivity contribution in [2.24, 2.45) is 21.7 Å². The van der Waals surface area contributed by atoms with Crippen molar-refractivity contribution in [3.8, 4) is 0 Å². The molecule has 0 saturated heterocycles. The normalized spacial score (nSPS) is 13.6. The largest absolute Gasteiger partial charge is 0.384 e. The second kappa shape index (κ2) is 57.8. The van der Waals surface area contributed by atoms with Gasteiger partial charge in [-0.25, -0.2) is 0 Å². The quantitative estimate of drug-likeness (QED) is 0.0855. The van der Waals surface area contributed by atoms with Gasteiger partial charge in [-0.3, -0.25) is 0 Å². The second-order valence-corrected chi connectivity index (χ2v) is 18.1. The van der Waals surface area contributed by atoms with E-state index in [2.05, 4.69) is 6.92 Å². The minimum Gasteiger partial charge on any atom is -0.384 e. The molecule has 4 atom stereocenters. The predicted octanol–water partition coefficient (Wildman–Crippen LogP) is 3.37. The molecule has 0 aromatic carbocycles. The molecule has 0 amide bonds. The average molecular weight is 1110 g/mol. The average Bonchev–Trinajstić information content (AvgIpc) is 3.38. The molecule has 460 valence electrons. The fourth-order valence-electron chi connectivity index (χ4n) is 8.12. The molecule has 0 heterocycles. The van der Waals surface area contributed by atoms with Crippen LogP contribution in [0.2, 0.25) is 0 Å². The van der Waals surface area contributed by atoms with Crippen molar-refractivity contribution in [3.05, 3.63) is 0 Å². The van der Waals surface area contributed by atoms with Gasteiger partial charge in [0.1, 0.15) is 30.5 Å². The maximum atomic E-state index is 6.00. The molecule has 0 aliphatic carbocycles. The Morgan fingerprint density at radius 1 is 0.227 bits per heavy atom. The summed E-state index contributed by atoms with van der Waals surface area (Å²) in [5, 5.41) is 0. The highest BCUT2D eigenvalue weighted by molar-refractivity contribution is 4.86. The molecule has 0 aromatic heterocycles. The van der Waals surface area contributed by atoms with Gasteiger partial charge in [0.2, 0.25) is 0 Å². The maximum Gasteiger partial charge on any atom is 0.114 e. The van der Waals surface area contributed by atoms with Crippen molar-refractivity contribution in [2.45, 2.75) is 43.9 Å². The van der Waals surface area contributed by atoms with Crippen molar-refractivity contribution < 1.29 is 109 Å². The van der Waals surface area contributed by atoms with E-state index in [1.807, 2.05) is 0 Å². The topological polar surface area (TPSA) is 212 Å². The van der Waals surface area contributed by atoms with Gasteiger partial charge in [-0.1, -0.05) is 6.92 Å². The van der Waals surface area contributed by atoms with Gasteiger partial charge in [0.05, 0.1) is 142 Å². The van der Waals surface area contributed by atoms with Gasteiger partial charge in [0.15, 0.2) is 0 Å². The summed E-state index contributed by atoms with van der Waals surface area (Å²) >= 11 is 0. The number of hydrogen-bond acceptors (Lipinski definition) is 23. The summed E-state index contributed by atoms with van der Waals surface area (Å²) in [6, 6.07) is 0. The lowest BCUT2D eigenvalue weighted by Gasteiger charge is -2.35. The molecule has 23 nitrogen and oxygen atoms in total. The van der Waals surface area contributed by atoms with Gasteiger partial charge in [-0.15, -0.1) is 0 Å². The third kappa shape index (κ3) is 40.0. The summed E-state index contributed by atoms with van der Waals surface area (Å²) in [5.74, 6) is 0. The fraction of sp³-hybridized carbons (Fsp3) is 1.00. The molecule has 0 aliphatic heterocycles. The van der Waals surface area contributed by atoms with Crippen molar-refractivity contribution in [2.75, 3.05) is 282 Å². The van der Waals surface area contributed by atoms with Gasteiger partial charge < -0.3 is 109 Å². The zero-order valence-corrected chi connectivity index (χ0v) is 51.4. The zero-order valence-electron chi connectivity index (χ0n) is 51.4. The van der Waals surface area contributed by atoms with E-state index in [1.165, 1.54) is 0 Å². The van der Waals surface area contributed by atoms with E-state index in [-0.39, 0.29) is 52.2 Å². The molecular weight excluding hydrogens is 993 g/mol. The first-order valence-electron chi connectivity index (χ1n) is 24.6. The lowest BCUT2D eigenvalue weighted by molar-refractivity contribution is -0.166. The van der Waals surface area contributed by atoms with Crippen LogP contribution in [0.3, 0.4) is 0 Å². The van der Waals surface area contributed by atoms with Gasteiger partial charge >= 0.3 is 0 Å². The van der Waals surface area contributed by atoms with Crippen molar-refractivity contribution in [1.82, 2.24) is 0 Å². The molecule has 0 fully saturated rings. The molecule has 0 radical (unpaired) electrons. The lowest BCUT2D eigenvalue weighted by atomic mass is 9.88. The van der Waals surface area contributed by atoms with E-state index in [9.17, 15) is 0 Å². The summed E-state index contributed by atoms with van der Waals surface area (Å²) in [5.41, 5.74) is -0.861. The monoisotopic (exact) mass is 1110 g/mol. The Hall–Kier alpha value is -0.920. The van der Waals surface area contributed by atoms with E-state index in [0.717, 1.165) is 6.42 Å². The standard InChI is InChI=1S/C16H34O7.C12H26O6.C9H20O4.C9H20O3.C6H14O3/c1-17-7-15(8-18-2,9-19-3)13-23-14-16(10-20-4,11-21-5)12-22-6;1-13-7-9(15-3)11(17-5)12(18-6)10(16-4)8-14-2;1-10-5-9(6-11-2,7-12-3)8-13-4;1-5-9(6-10-2,7-11-3)8-12-4;1-7-4-6(9-3)5-8-2/h7-14H2,1-6H3;9-12H,7-8H2,1-6H3;5-8H2,1-4H3;5-8H2,1-4H3;6H,4-5H2,1-3H3. The van der Waals surface area contributed by atoms with Gasteiger partial charge in [0, 0.05) is 162 Å². The molecule has 0 rings (SSSR count). The molecule has 0 aliphatic rings. The Bertz CT molecular complexity index is 969. The van der Waals surface area contributed by atoms with Crippen molar-refractivity contribution in [3.63, 3.8) is 0 Å². The molecule has 75 heavy (non-hydrogen) atoms. The van der Waals surface area contributed by atoms with Crippen molar-refractivity contribution >= 4 is 0 Å². The Morgan fingerprint density at radius 2 is 0.440 bits per heavy atom. The van der Waals surface area contributed by atoms with Crippen LogP contribution >= 0.6 is 0 Å². The minimum atomic E-state index is -0.350. The fourth-order valence-corrected chi connectivity index (χ4v) is 8.12. The second-order valence-electron chi connectivity index (χ2n) is 18.1. The molecule has 4 unspecified atom stereocenters. The Balaban J connectivity index is -0.000000282. The Kier molecular flexibility index (Phi) is 63.8. The third-order valence-corrected chi connectivity index (χ3v) is 11.3. The van der Waals surface area contributed by atoms with E-state index in [4.69, 9.17) is 109 Å². The molecule has 0 bridgehead atoms. The van der Waals surface area contributed by atoms with E-state index in [0.29, 0.717) is 126 Å². The number of rotatable bonds is 47. The van der Waals surface area contributed by atoms with Crippen LogP contribution in [0.5, 0.6) is 0 Å². The number of ether oxygens (including phenoxy) is 23. The van der Waals surface area contributed by atoms with E-state index in [1.54, 1.807) is 156 Å². The Labute approximate surface area is 455 Å². The van der Waals surface area contributed by atoms with Crippen LogP contribution in [-0.4, -0.2) is 312 Å². The Morgan fingerprint density at radius 3 is 0.600 bits per heavy atom. The molecule has 23 heteroatoms. The SMILES string of the molecule is CCC(COC)(COC)COC.COCC(COC)(COC)COC.COCC(COC)(COC)COCC(COC)(COC)COC.COCC(COC)OC.COCC(OC)C(OC)C(OC)C(COC)OC. The number of hydrogen-bond donors (Lipinski definition) is 0. The summed E-state index contributed by atoms with van der Waals surface area (Å²) in [4.78, 5) is 0. The van der Waals surface area contributed by atoms with Gasteiger partial charge in [-0.2, -0.15) is 0 Å². The van der Waals surface area contributed by atoms with E-state index >= 15 is 0 Å². The van der Waals surface area contributed by atoms with Crippen LogP contribution in [-0.2, 0) is 109 Å². The van der Waals surface area contributed by atoms with Gasteiger partial charge in [-0.05, 0) is 6.42 Å². The van der Waals surface area contributed by atoms with Crippen LogP contribution in [0.15, 0.2) is 0 Å². The van der Waals surface area contributed by atoms with Crippen LogP contribution in [0, 0.1) is 21.7 Å². The first kappa shape index (κ1) is 82.9. The van der Waals surface area contributed by atoms with Crippen LogP contribution in [0.4, 0.5) is 0 Å². The molecule has 0 N–H and O–H groups in total. The summed E-state index contributed by atoms with van der Waals surface area (Å²) in [6.45, 7) is 12.3. The minimum absolute atomic E-state index is 0.0260. The van der Waals surface area contributed by atoms with E-state index < -0.39 is 0 Å². The smallest absolute Gasteiger partial charge is 0.114 e. The van der Waals surface area contributed by atoms with Crippen LogP contribution in [0.1, 0.15) is 13.3 Å². The highest BCUT2D eigenvalue weighted by Crippen LogP contribution is 2.25. The molecule has 0 aromatic rings.